The van der Waals surface area contributed by atoms with Crippen LogP contribution in [0.1, 0.15) is 44.1 Å². The summed E-state index contributed by atoms with van der Waals surface area (Å²) in [5.41, 5.74) is 1.20. The zero-order chi connectivity index (χ0) is 14.0. The molecule has 2 fully saturated rings. The molecular formula is C17H23ClO2. The van der Waals surface area contributed by atoms with Gasteiger partial charge in [-0.25, -0.2) is 0 Å². The molecule has 20 heavy (non-hydrogen) atoms. The van der Waals surface area contributed by atoms with Crippen LogP contribution in [0, 0.1) is 5.92 Å². The molecule has 3 rings (SSSR count). The van der Waals surface area contributed by atoms with E-state index in [2.05, 4.69) is 0 Å². The van der Waals surface area contributed by atoms with E-state index in [1.807, 2.05) is 24.3 Å². The second kappa shape index (κ2) is 6.05. The maximum absolute atomic E-state index is 10.6. The third-order valence-electron chi connectivity index (χ3n) is 4.92. The highest BCUT2D eigenvalue weighted by Gasteiger charge is 2.41. The van der Waals surface area contributed by atoms with E-state index in [0.717, 1.165) is 30.0 Å². The van der Waals surface area contributed by atoms with Gasteiger partial charge in [-0.05, 0) is 55.7 Å². The smallest absolute Gasteiger partial charge is 0.0686 e. The van der Waals surface area contributed by atoms with Gasteiger partial charge in [-0.3, -0.25) is 0 Å². The molecule has 1 heterocycles. The molecule has 1 aliphatic carbocycles. The van der Waals surface area contributed by atoms with Crippen LogP contribution >= 0.6 is 11.6 Å². The summed E-state index contributed by atoms with van der Waals surface area (Å²) in [6, 6.07) is 7.82. The van der Waals surface area contributed by atoms with Crippen LogP contribution in [-0.2, 0) is 11.2 Å². The third-order valence-corrected chi connectivity index (χ3v) is 5.16. The number of hydrogen-bond acceptors (Lipinski definition) is 2. The molecule has 1 aliphatic heterocycles. The van der Waals surface area contributed by atoms with E-state index >= 15 is 0 Å². The number of aliphatic hydroxyl groups excluding tert-OH is 1. The summed E-state index contributed by atoms with van der Waals surface area (Å²) in [7, 11) is 0. The van der Waals surface area contributed by atoms with Gasteiger partial charge in [0.25, 0.3) is 0 Å². The van der Waals surface area contributed by atoms with Gasteiger partial charge in [-0.1, -0.05) is 36.6 Å². The van der Waals surface area contributed by atoms with Gasteiger partial charge in [-0.15, -0.1) is 0 Å². The van der Waals surface area contributed by atoms with E-state index in [9.17, 15) is 5.11 Å². The number of halogens is 1. The van der Waals surface area contributed by atoms with Crippen molar-refractivity contribution in [1.29, 1.82) is 0 Å². The Morgan fingerprint density at radius 3 is 2.90 bits per heavy atom. The second-order valence-electron chi connectivity index (χ2n) is 6.39. The average molecular weight is 295 g/mol. The van der Waals surface area contributed by atoms with Crippen LogP contribution in [0.15, 0.2) is 24.3 Å². The topological polar surface area (TPSA) is 29.5 Å². The van der Waals surface area contributed by atoms with E-state index in [0.29, 0.717) is 12.3 Å². The Morgan fingerprint density at radius 2 is 2.15 bits per heavy atom. The number of aliphatic hydroxyl groups is 1. The Bertz CT molecular complexity index is 454. The normalized spacial score (nSPS) is 26.8. The van der Waals surface area contributed by atoms with Crippen molar-refractivity contribution in [2.45, 2.75) is 56.7 Å². The molecule has 3 heteroatoms. The van der Waals surface area contributed by atoms with Crippen molar-refractivity contribution in [3.63, 3.8) is 0 Å². The first-order valence-corrected chi connectivity index (χ1v) is 8.11. The molecule has 1 N–H and O–H groups in total. The minimum absolute atomic E-state index is 0.0816. The maximum atomic E-state index is 10.6. The molecule has 0 aromatic heterocycles. The Balaban J connectivity index is 1.63. The van der Waals surface area contributed by atoms with Crippen LogP contribution in [0.25, 0.3) is 0 Å². The second-order valence-corrected chi connectivity index (χ2v) is 6.83. The summed E-state index contributed by atoms with van der Waals surface area (Å²) in [6.45, 7) is 0.803. The third kappa shape index (κ3) is 3.19. The van der Waals surface area contributed by atoms with Crippen LogP contribution in [0.2, 0.25) is 5.02 Å². The average Bonchev–Trinajstić information content (AvgIpc) is 2.87. The van der Waals surface area contributed by atoms with Crippen LogP contribution in [0.5, 0.6) is 0 Å². The zero-order valence-corrected chi connectivity index (χ0v) is 12.6. The Morgan fingerprint density at radius 1 is 1.35 bits per heavy atom. The number of rotatable bonds is 3. The number of hydrogen-bond donors (Lipinski definition) is 1. The van der Waals surface area contributed by atoms with Crippen molar-refractivity contribution in [3.05, 3.63) is 34.9 Å². The van der Waals surface area contributed by atoms with Crippen molar-refractivity contribution < 1.29 is 9.84 Å². The quantitative estimate of drug-likeness (QED) is 0.913. The predicted octanol–water partition coefficient (Wildman–Crippen LogP) is 3.98. The largest absolute Gasteiger partial charge is 0.392 e. The van der Waals surface area contributed by atoms with Crippen LogP contribution in [0.4, 0.5) is 0 Å². The van der Waals surface area contributed by atoms with Gasteiger partial charge in [0.05, 0.1) is 11.7 Å². The molecule has 1 saturated heterocycles. The van der Waals surface area contributed by atoms with Gasteiger partial charge in [0.15, 0.2) is 0 Å². The molecule has 0 amide bonds. The van der Waals surface area contributed by atoms with Crippen LogP contribution in [-0.4, -0.2) is 23.4 Å². The fraction of sp³-hybridized carbons (Fsp3) is 0.647. The van der Waals surface area contributed by atoms with E-state index < -0.39 is 0 Å². The van der Waals surface area contributed by atoms with Crippen molar-refractivity contribution in [2.75, 3.05) is 6.61 Å². The fourth-order valence-corrected chi connectivity index (χ4v) is 4.05. The van der Waals surface area contributed by atoms with Crippen LogP contribution in [0.3, 0.4) is 0 Å². The lowest BCUT2D eigenvalue weighted by Crippen LogP contribution is -2.41. The summed E-state index contributed by atoms with van der Waals surface area (Å²) in [4.78, 5) is 0. The predicted molar refractivity (Wildman–Crippen MR) is 81.0 cm³/mol. The molecule has 1 spiro atoms. The van der Waals surface area contributed by atoms with Gasteiger partial charge in [0.2, 0.25) is 0 Å². The van der Waals surface area contributed by atoms with Gasteiger partial charge >= 0.3 is 0 Å². The lowest BCUT2D eigenvalue weighted by atomic mass is 9.80. The first kappa shape index (κ1) is 14.4. The highest BCUT2D eigenvalue weighted by atomic mass is 35.5. The standard InChI is InChI=1S/C17H23ClO2/c18-15-5-3-4-13(10-15)11-16(19)14-6-9-20-17(12-14)7-1-2-8-17/h3-5,10,14,16,19H,1-2,6-9,11-12H2. The Labute approximate surface area is 126 Å². The maximum Gasteiger partial charge on any atom is 0.0686 e. The number of ether oxygens (including phenoxy) is 1. The molecule has 2 unspecified atom stereocenters. The van der Waals surface area contributed by atoms with Gasteiger partial charge in [-0.2, -0.15) is 0 Å². The highest BCUT2D eigenvalue weighted by molar-refractivity contribution is 6.30. The molecule has 110 valence electrons. The van der Waals surface area contributed by atoms with Crippen molar-refractivity contribution >= 4 is 11.6 Å². The molecule has 2 aliphatic rings. The summed E-state index contributed by atoms with van der Waals surface area (Å²) in [5.74, 6) is 0.362. The molecule has 0 radical (unpaired) electrons. The summed E-state index contributed by atoms with van der Waals surface area (Å²) in [5, 5.41) is 11.3. The molecule has 1 saturated carbocycles. The van der Waals surface area contributed by atoms with E-state index in [4.69, 9.17) is 16.3 Å². The first-order valence-electron chi connectivity index (χ1n) is 7.73. The minimum Gasteiger partial charge on any atom is -0.392 e. The summed E-state index contributed by atoms with van der Waals surface area (Å²) in [6.07, 6.45) is 7.31. The molecule has 1 aromatic rings. The number of benzene rings is 1. The monoisotopic (exact) mass is 294 g/mol. The lowest BCUT2D eigenvalue weighted by molar-refractivity contribution is -0.112. The van der Waals surface area contributed by atoms with Crippen LogP contribution < -0.4 is 0 Å². The first-order chi connectivity index (χ1) is 9.67. The molecule has 2 atom stereocenters. The molecule has 2 nitrogen and oxygen atoms in total. The summed E-state index contributed by atoms with van der Waals surface area (Å²) < 4.78 is 6.04. The van der Waals surface area contributed by atoms with Crippen molar-refractivity contribution in [1.82, 2.24) is 0 Å². The van der Waals surface area contributed by atoms with Gasteiger partial charge < -0.3 is 9.84 Å². The van der Waals surface area contributed by atoms with E-state index in [1.165, 1.54) is 25.7 Å². The Kier molecular flexibility index (Phi) is 4.34. The fourth-order valence-electron chi connectivity index (χ4n) is 3.83. The molecule has 0 bridgehead atoms. The minimum atomic E-state index is -0.283. The zero-order valence-electron chi connectivity index (χ0n) is 11.9. The SMILES string of the molecule is OC(Cc1cccc(Cl)c1)C1CCOC2(CCCC2)C1. The molecular weight excluding hydrogens is 272 g/mol. The Hall–Kier alpha value is -0.570. The van der Waals surface area contributed by atoms with Gasteiger partial charge in [0, 0.05) is 11.6 Å². The van der Waals surface area contributed by atoms with E-state index in [-0.39, 0.29) is 11.7 Å². The summed E-state index contributed by atoms with van der Waals surface area (Å²) >= 11 is 6.01. The molecule has 1 aromatic carbocycles. The van der Waals surface area contributed by atoms with E-state index in [1.54, 1.807) is 0 Å². The van der Waals surface area contributed by atoms with Gasteiger partial charge in [0.1, 0.15) is 0 Å². The highest BCUT2D eigenvalue weighted by Crippen LogP contribution is 2.43. The van der Waals surface area contributed by atoms with Crippen molar-refractivity contribution in [3.8, 4) is 0 Å². The lowest BCUT2D eigenvalue weighted by Gasteiger charge is -2.40. The van der Waals surface area contributed by atoms with Crippen molar-refractivity contribution in [2.24, 2.45) is 5.92 Å².